The summed E-state index contributed by atoms with van der Waals surface area (Å²) in [7, 11) is 1.56. The predicted molar refractivity (Wildman–Crippen MR) is 105 cm³/mol. The molecule has 0 radical (unpaired) electrons. The van der Waals surface area contributed by atoms with E-state index in [1.165, 1.54) is 4.90 Å². The molecule has 2 amide bonds. The minimum absolute atomic E-state index is 0.175. The van der Waals surface area contributed by atoms with Crippen molar-refractivity contribution in [3.05, 3.63) is 76.5 Å². The first-order chi connectivity index (χ1) is 14.1. The number of methoxy groups -OCH3 is 1. The average Bonchev–Trinajstić information content (AvgIpc) is 3.23. The van der Waals surface area contributed by atoms with Crippen molar-refractivity contribution < 1.29 is 14.3 Å². The van der Waals surface area contributed by atoms with Crippen LogP contribution in [0.3, 0.4) is 0 Å². The normalized spacial score (nSPS) is 12.7. The highest BCUT2D eigenvalue weighted by molar-refractivity contribution is 5.96. The Balaban J connectivity index is 1.44. The topological polar surface area (TPSA) is 98.5 Å². The molecule has 29 heavy (non-hydrogen) atoms. The minimum Gasteiger partial charge on any atom is -0.496 e. The summed E-state index contributed by atoms with van der Waals surface area (Å²) in [6, 6.07) is 15.9. The fourth-order valence-corrected chi connectivity index (χ4v) is 3.22. The standard InChI is InChI=1S/C20H19N5O4/c1-29-16-10-6-5-7-14(16)11-21-18(26)13-24-20(28)25-17(22-24)12-23(19(25)27)15-8-3-2-4-9-15/h2-10H,11-13H2,1H3,(H,21,26). The largest absolute Gasteiger partial charge is 0.496 e. The van der Waals surface area contributed by atoms with Crippen LogP contribution in [0.5, 0.6) is 5.75 Å². The number of ether oxygens (including phenoxy) is 1. The molecule has 0 bridgehead atoms. The second kappa shape index (κ2) is 7.63. The van der Waals surface area contributed by atoms with Crippen LogP contribution in [-0.2, 0) is 24.4 Å². The number of carbonyl (C=O) groups is 2. The Morgan fingerprint density at radius 3 is 2.55 bits per heavy atom. The lowest BCUT2D eigenvalue weighted by Crippen LogP contribution is -2.37. The van der Waals surface area contributed by atoms with Crippen LogP contribution in [-0.4, -0.2) is 33.4 Å². The van der Waals surface area contributed by atoms with Crippen molar-refractivity contribution >= 4 is 17.6 Å². The summed E-state index contributed by atoms with van der Waals surface area (Å²) in [6.07, 6.45) is 0. The second-order valence-electron chi connectivity index (χ2n) is 6.48. The first-order valence-electron chi connectivity index (χ1n) is 9.02. The molecule has 9 heteroatoms. The van der Waals surface area contributed by atoms with Gasteiger partial charge in [-0.15, -0.1) is 0 Å². The van der Waals surface area contributed by atoms with Crippen molar-refractivity contribution in [3.63, 3.8) is 0 Å². The van der Waals surface area contributed by atoms with E-state index in [1.54, 1.807) is 25.3 Å². The Kier molecular flexibility index (Phi) is 4.86. The molecule has 0 spiro atoms. The Labute approximate surface area is 166 Å². The SMILES string of the molecule is COc1ccccc1CNC(=O)Cn1nc2n(c1=O)C(=O)N(c1ccccc1)C2. The number of fused-ring (bicyclic) bond motifs is 1. The van der Waals surface area contributed by atoms with Crippen LogP contribution in [0.25, 0.3) is 0 Å². The lowest BCUT2D eigenvalue weighted by Gasteiger charge is -2.14. The quantitative estimate of drug-likeness (QED) is 0.682. The predicted octanol–water partition coefficient (Wildman–Crippen LogP) is 1.36. The van der Waals surface area contributed by atoms with Crippen LogP contribution < -0.4 is 20.6 Å². The van der Waals surface area contributed by atoms with Crippen molar-refractivity contribution in [1.29, 1.82) is 0 Å². The van der Waals surface area contributed by atoms with Crippen LogP contribution in [0.15, 0.2) is 59.4 Å². The van der Waals surface area contributed by atoms with Gasteiger partial charge in [-0.25, -0.2) is 14.3 Å². The summed E-state index contributed by atoms with van der Waals surface area (Å²) in [5, 5.41) is 6.90. The number of nitrogens with zero attached hydrogens (tertiary/aromatic N) is 4. The smallest absolute Gasteiger partial charge is 0.354 e. The number of carbonyl (C=O) groups excluding carboxylic acids is 2. The van der Waals surface area contributed by atoms with Crippen LogP contribution in [0.1, 0.15) is 11.4 Å². The van der Waals surface area contributed by atoms with Crippen LogP contribution in [0, 0.1) is 0 Å². The highest BCUT2D eigenvalue weighted by Gasteiger charge is 2.33. The van der Waals surface area contributed by atoms with Gasteiger partial charge in [0.05, 0.1) is 13.7 Å². The highest BCUT2D eigenvalue weighted by atomic mass is 16.5. The van der Waals surface area contributed by atoms with Crippen LogP contribution in [0.4, 0.5) is 10.5 Å². The number of amides is 2. The summed E-state index contributed by atoms with van der Waals surface area (Å²) >= 11 is 0. The fourth-order valence-electron chi connectivity index (χ4n) is 3.22. The molecular weight excluding hydrogens is 374 g/mol. The summed E-state index contributed by atoms with van der Waals surface area (Å²) < 4.78 is 7.26. The van der Waals surface area contributed by atoms with Gasteiger partial charge in [0.25, 0.3) is 0 Å². The number of hydrogen-bond donors (Lipinski definition) is 1. The highest BCUT2D eigenvalue weighted by Crippen LogP contribution is 2.21. The third kappa shape index (κ3) is 3.49. The molecular formula is C20H19N5O4. The van der Waals surface area contributed by atoms with Gasteiger partial charge in [-0.1, -0.05) is 36.4 Å². The van der Waals surface area contributed by atoms with Gasteiger partial charge in [0.1, 0.15) is 12.3 Å². The van der Waals surface area contributed by atoms with E-state index in [4.69, 9.17) is 4.74 Å². The van der Waals surface area contributed by atoms with Crippen LogP contribution in [0.2, 0.25) is 0 Å². The van der Waals surface area contributed by atoms with Crippen LogP contribution >= 0.6 is 0 Å². The van der Waals surface area contributed by atoms with E-state index in [9.17, 15) is 14.4 Å². The van der Waals surface area contributed by atoms with Gasteiger partial charge in [-0.3, -0.25) is 9.69 Å². The molecule has 2 aromatic carbocycles. The Bertz CT molecular complexity index is 1120. The van der Waals surface area contributed by atoms with Crippen molar-refractivity contribution in [2.45, 2.75) is 19.6 Å². The number of anilines is 1. The lowest BCUT2D eigenvalue weighted by atomic mass is 10.2. The maximum absolute atomic E-state index is 12.6. The van der Waals surface area contributed by atoms with Gasteiger partial charge < -0.3 is 10.1 Å². The molecule has 1 N–H and O–H groups in total. The number of hydrogen-bond acceptors (Lipinski definition) is 5. The molecule has 0 unspecified atom stereocenters. The Hall–Kier alpha value is -3.88. The average molecular weight is 393 g/mol. The molecule has 0 aliphatic carbocycles. The zero-order chi connectivity index (χ0) is 20.4. The second-order valence-corrected chi connectivity index (χ2v) is 6.48. The monoisotopic (exact) mass is 393 g/mol. The van der Waals surface area contributed by atoms with Gasteiger partial charge in [0.15, 0.2) is 5.82 Å². The molecule has 148 valence electrons. The van der Waals surface area contributed by atoms with Gasteiger partial charge in [-0.2, -0.15) is 9.67 Å². The maximum atomic E-state index is 12.6. The molecule has 0 saturated heterocycles. The summed E-state index contributed by atoms with van der Waals surface area (Å²) in [5.74, 6) is 0.584. The fraction of sp³-hybridized carbons (Fsp3) is 0.200. The molecule has 0 atom stereocenters. The summed E-state index contributed by atoms with van der Waals surface area (Å²) in [5.41, 5.74) is 0.871. The zero-order valence-electron chi connectivity index (χ0n) is 15.7. The first kappa shape index (κ1) is 18.5. The van der Waals surface area contributed by atoms with Crippen molar-refractivity contribution in [2.75, 3.05) is 12.0 Å². The molecule has 1 aliphatic heterocycles. The molecule has 4 rings (SSSR count). The van der Waals surface area contributed by atoms with Crippen molar-refractivity contribution in [3.8, 4) is 5.75 Å². The van der Waals surface area contributed by atoms with Gasteiger partial charge >= 0.3 is 11.7 Å². The summed E-state index contributed by atoms with van der Waals surface area (Å²) in [6.45, 7) is 0.159. The molecule has 2 heterocycles. The maximum Gasteiger partial charge on any atom is 0.354 e. The molecule has 3 aromatic rings. The number of rotatable bonds is 6. The van der Waals surface area contributed by atoms with Crippen molar-refractivity contribution in [1.82, 2.24) is 19.7 Å². The van der Waals surface area contributed by atoms with E-state index in [0.717, 1.165) is 14.8 Å². The minimum atomic E-state index is -0.629. The number of para-hydroxylation sites is 2. The Morgan fingerprint density at radius 2 is 1.83 bits per heavy atom. The van der Waals surface area contributed by atoms with E-state index in [0.29, 0.717) is 17.3 Å². The van der Waals surface area contributed by atoms with E-state index < -0.39 is 11.7 Å². The van der Waals surface area contributed by atoms with Gasteiger partial charge in [0.2, 0.25) is 5.91 Å². The molecule has 0 saturated carbocycles. The molecule has 9 nitrogen and oxygen atoms in total. The molecule has 1 aromatic heterocycles. The van der Waals surface area contributed by atoms with Gasteiger partial charge in [-0.05, 0) is 18.2 Å². The van der Waals surface area contributed by atoms with E-state index in [-0.39, 0.29) is 25.5 Å². The third-order valence-electron chi connectivity index (χ3n) is 4.66. The van der Waals surface area contributed by atoms with Crippen molar-refractivity contribution in [2.24, 2.45) is 0 Å². The Morgan fingerprint density at radius 1 is 1.10 bits per heavy atom. The molecule has 1 aliphatic rings. The number of nitrogens with one attached hydrogen (secondary N) is 1. The third-order valence-corrected chi connectivity index (χ3v) is 4.66. The van der Waals surface area contributed by atoms with Gasteiger partial charge in [0, 0.05) is 17.8 Å². The zero-order valence-corrected chi connectivity index (χ0v) is 15.7. The number of benzene rings is 2. The van der Waals surface area contributed by atoms with E-state index >= 15 is 0 Å². The summed E-state index contributed by atoms with van der Waals surface area (Å²) in [4.78, 5) is 38.9. The lowest BCUT2D eigenvalue weighted by molar-refractivity contribution is -0.122. The first-order valence-corrected chi connectivity index (χ1v) is 9.02. The van der Waals surface area contributed by atoms with E-state index in [2.05, 4.69) is 10.4 Å². The number of aromatic nitrogens is 3. The molecule has 0 fully saturated rings. The van der Waals surface area contributed by atoms with E-state index in [1.807, 2.05) is 36.4 Å².